The third-order valence-corrected chi connectivity index (χ3v) is 2.11. The molecular formula is C9H14N8O. The lowest BCUT2D eigenvalue weighted by atomic mass is 10.4. The van der Waals surface area contributed by atoms with Crippen molar-refractivity contribution < 1.29 is 5.11 Å². The van der Waals surface area contributed by atoms with Crippen LogP contribution in [0.4, 0.5) is 11.9 Å². The predicted octanol–water partition coefficient (Wildman–Crippen LogP) is -0.863. The van der Waals surface area contributed by atoms with Crippen molar-refractivity contribution in [2.24, 2.45) is 5.84 Å². The molecule has 0 saturated heterocycles. The Labute approximate surface area is 103 Å². The summed E-state index contributed by atoms with van der Waals surface area (Å²) in [6, 6.07) is 0. The predicted molar refractivity (Wildman–Crippen MR) is 65.0 cm³/mol. The van der Waals surface area contributed by atoms with Gasteiger partial charge in [-0.2, -0.15) is 15.0 Å². The molecule has 0 radical (unpaired) electrons. The first kappa shape index (κ1) is 12.2. The van der Waals surface area contributed by atoms with Crippen molar-refractivity contribution in [3.63, 3.8) is 0 Å². The summed E-state index contributed by atoms with van der Waals surface area (Å²) in [4.78, 5) is 16.3. The standard InChI is InChI=1S/C9H14N8O/c10-16-8-13-7(12-2-1-5-18)14-9(15-8)17-4-3-11-6-17/h3-4,6,18H,1-2,5,10H2,(H2,12,13,14,15,16). The van der Waals surface area contributed by atoms with E-state index in [1.54, 1.807) is 23.3 Å². The van der Waals surface area contributed by atoms with Crippen LogP contribution >= 0.6 is 0 Å². The van der Waals surface area contributed by atoms with E-state index in [0.717, 1.165) is 0 Å². The average Bonchev–Trinajstić information content (AvgIpc) is 2.92. The average molecular weight is 250 g/mol. The SMILES string of the molecule is NNc1nc(NCCCO)nc(-n2ccnc2)n1. The number of aromatic nitrogens is 5. The number of hydrazine groups is 1. The molecule has 0 aromatic carbocycles. The van der Waals surface area contributed by atoms with Crippen LogP contribution < -0.4 is 16.6 Å². The number of nitrogens with two attached hydrogens (primary N) is 1. The highest BCUT2D eigenvalue weighted by Gasteiger charge is 2.06. The largest absolute Gasteiger partial charge is 0.396 e. The van der Waals surface area contributed by atoms with Crippen molar-refractivity contribution in [2.75, 3.05) is 23.9 Å². The van der Waals surface area contributed by atoms with Crippen molar-refractivity contribution in [1.82, 2.24) is 24.5 Å². The minimum atomic E-state index is 0.106. The third-order valence-electron chi connectivity index (χ3n) is 2.11. The van der Waals surface area contributed by atoms with Gasteiger partial charge in [0.05, 0.1) is 0 Å². The molecule has 9 nitrogen and oxygen atoms in total. The van der Waals surface area contributed by atoms with Crippen molar-refractivity contribution in [3.05, 3.63) is 18.7 Å². The van der Waals surface area contributed by atoms with Crippen LogP contribution in [0.1, 0.15) is 6.42 Å². The zero-order valence-corrected chi connectivity index (χ0v) is 9.61. The monoisotopic (exact) mass is 250 g/mol. The van der Waals surface area contributed by atoms with Crippen LogP contribution in [0.25, 0.3) is 5.95 Å². The maximum absolute atomic E-state index is 8.71. The number of nitrogens with zero attached hydrogens (tertiary/aromatic N) is 5. The molecule has 2 aromatic rings. The van der Waals surface area contributed by atoms with E-state index >= 15 is 0 Å². The van der Waals surface area contributed by atoms with Crippen LogP contribution in [-0.4, -0.2) is 42.8 Å². The number of aliphatic hydroxyl groups is 1. The Morgan fingerprint density at radius 1 is 1.28 bits per heavy atom. The first-order valence-electron chi connectivity index (χ1n) is 5.39. The van der Waals surface area contributed by atoms with E-state index in [1.807, 2.05) is 0 Å². The Morgan fingerprint density at radius 2 is 2.11 bits per heavy atom. The molecule has 0 saturated carbocycles. The molecule has 0 aliphatic rings. The molecule has 0 atom stereocenters. The van der Waals surface area contributed by atoms with Gasteiger partial charge in [-0.3, -0.25) is 9.99 Å². The quantitative estimate of drug-likeness (QED) is 0.296. The van der Waals surface area contributed by atoms with Crippen molar-refractivity contribution in [3.8, 4) is 5.95 Å². The lowest BCUT2D eigenvalue weighted by molar-refractivity contribution is 0.292. The molecule has 0 bridgehead atoms. The van der Waals surface area contributed by atoms with Crippen molar-refractivity contribution >= 4 is 11.9 Å². The Kier molecular flexibility index (Phi) is 3.99. The number of hydrogen-bond acceptors (Lipinski definition) is 8. The van der Waals surface area contributed by atoms with Gasteiger partial charge >= 0.3 is 0 Å². The van der Waals surface area contributed by atoms with E-state index in [0.29, 0.717) is 24.9 Å². The molecule has 5 N–H and O–H groups in total. The number of aliphatic hydroxyl groups excluding tert-OH is 1. The fraction of sp³-hybridized carbons (Fsp3) is 0.333. The molecule has 0 unspecified atom stereocenters. The summed E-state index contributed by atoms with van der Waals surface area (Å²) in [7, 11) is 0. The fourth-order valence-electron chi connectivity index (χ4n) is 1.28. The lowest BCUT2D eigenvalue weighted by Gasteiger charge is -2.08. The smallest absolute Gasteiger partial charge is 0.243 e. The molecule has 0 aliphatic heterocycles. The molecule has 2 heterocycles. The Morgan fingerprint density at radius 3 is 2.78 bits per heavy atom. The first-order valence-corrected chi connectivity index (χ1v) is 5.39. The summed E-state index contributed by atoms with van der Waals surface area (Å²) in [6.07, 6.45) is 5.52. The summed E-state index contributed by atoms with van der Waals surface area (Å²) >= 11 is 0. The zero-order chi connectivity index (χ0) is 12.8. The molecule has 18 heavy (non-hydrogen) atoms. The number of hydrogen-bond donors (Lipinski definition) is 4. The van der Waals surface area contributed by atoms with Crippen molar-refractivity contribution in [1.29, 1.82) is 0 Å². The summed E-state index contributed by atoms with van der Waals surface area (Å²) < 4.78 is 1.64. The summed E-state index contributed by atoms with van der Waals surface area (Å²) in [5.74, 6) is 6.34. The molecule has 0 fully saturated rings. The minimum Gasteiger partial charge on any atom is -0.396 e. The molecule has 2 rings (SSSR count). The molecular weight excluding hydrogens is 236 g/mol. The van der Waals surface area contributed by atoms with Gasteiger partial charge in [0, 0.05) is 25.5 Å². The van der Waals surface area contributed by atoms with Gasteiger partial charge in [0.25, 0.3) is 0 Å². The van der Waals surface area contributed by atoms with Crippen LogP contribution in [0.3, 0.4) is 0 Å². The summed E-state index contributed by atoms with van der Waals surface area (Å²) in [6.45, 7) is 0.669. The number of imidazole rings is 1. The minimum absolute atomic E-state index is 0.106. The lowest BCUT2D eigenvalue weighted by Crippen LogP contribution is -2.16. The summed E-state index contributed by atoms with van der Waals surface area (Å²) in [5, 5.41) is 11.7. The second-order valence-corrected chi connectivity index (χ2v) is 3.40. The van der Waals surface area contributed by atoms with Gasteiger partial charge in [-0.05, 0) is 6.42 Å². The number of rotatable bonds is 6. The van der Waals surface area contributed by atoms with E-state index in [9.17, 15) is 0 Å². The van der Waals surface area contributed by atoms with E-state index in [-0.39, 0.29) is 12.6 Å². The van der Waals surface area contributed by atoms with E-state index < -0.39 is 0 Å². The van der Waals surface area contributed by atoms with Crippen LogP contribution in [0.2, 0.25) is 0 Å². The first-order chi connectivity index (χ1) is 8.83. The number of nitrogen functional groups attached to an aromatic ring is 1. The second kappa shape index (κ2) is 5.89. The molecule has 0 amide bonds. The highest BCUT2D eigenvalue weighted by Crippen LogP contribution is 2.08. The van der Waals surface area contributed by atoms with Gasteiger partial charge in [0.1, 0.15) is 6.33 Å². The number of nitrogens with one attached hydrogen (secondary N) is 2. The normalized spacial score (nSPS) is 10.3. The van der Waals surface area contributed by atoms with Crippen LogP contribution in [0.15, 0.2) is 18.7 Å². The molecule has 96 valence electrons. The summed E-state index contributed by atoms with van der Waals surface area (Å²) in [5.41, 5.74) is 2.37. The van der Waals surface area contributed by atoms with E-state index in [2.05, 4.69) is 30.7 Å². The Hall–Kier alpha value is -2.26. The maximum Gasteiger partial charge on any atom is 0.243 e. The molecule has 9 heteroatoms. The topological polar surface area (TPSA) is 127 Å². The van der Waals surface area contributed by atoms with Gasteiger partial charge in [-0.1, -0.05) is 0 Å². The number of anilines is 2. The molecule has 0 aliphatic carbocycles. The maximum atomic E-state index is 8.71. The van der Waals surface area contributed by atoms with Gasteiger partial charge in [-0.25, -0.2) is 10.8 Å². The van der Waals surface area contributed by atoms with E-state index in [4.69, 9.17) is 10.9 Å². The van der Waals surface area contributed by atoms with Crippen LogP contribution in [-0.2, 0) is 0 Å². The van der Waals surface area contributed by atoms with Gasteiger partial charge in [-0.15, -0.1) is 0 Å². The van der Waals surface area contributed by atoms with Crippen LogP contribution in [0, 0.1) is 0 Å². The molecule has 0 spiro atoms. The van der Waals surface area contributed by atoms with Crippen molar-refractivity contribution in [2.45, 2.75) is 6.42 Å². The highest BCUT2D eigenvalue weighted by atomic mass is 16.3. The molecule has 2 aromatic heterocycles. The van der Waals surface area contributed by atoms with Gasteiger partial charge < -0.3 is 10.4 Å². The third kappa shape index (κ3) is 2.90. The van der Waals surface area contributed by atoms with Gasteiger partial charge in [0.2, 0.25) is 17.8 Å². The van der Waals surface area contributed by atoms with Gasteiger partial charge in [0.15, 0.2) is 0 Å². The Balaban J connectivity index is 2.22. The Bertz CT molecular complexity index is 485. The second-order valence-electron chi connectivity index (χ2n) is 3.40. The fourth-order valence-corrected chi connectivity index (χ4v) is 1.28. The van der Waals surface area contributed by atoms with E-state index in [1.165, 1.54) is 0 Å². The highest BCUT2D eigenvalue weighted by molar-refractivity contribution is 5.37. The van der Waals surface area contributed by atoms with Crippen LogP contribution in [0.5, 0.6) is 0 Å². The zero-order valence-electron chi connectivity index (χ0n) is 9.61.